The van der Waals surface area contributed by atoms with E-state index in [1.807, 2.05) is 6.07 Å². The van der Waals surface area contributed by atoms with Crippen LogP contribution in [0.3, 0.4) is 0 Å². The first-order valence-corrected chi connectivity index (χ1v) is 10.3. The van der Waals surface area contributed by atoms with Crippen LogP contribution in [0.5, 0.6) is 5.75 Å². The smallest absolute Gasteiger partial charge is 0.420 e. The molecule has 9 heteroatoms. The second-order valence-corrected chi connectivity index (χ2v) is 7.80. The minimum atomic E-state index is -4.52. The van der Waals surface area contributed by atoms with Crippen molar-refractivity contribution in [2.45, 2.75) is 38.0 Å². The van der Waals surface area contributed by atoms with Crippen molar-refractivity contribution >= 4 is 22.2 Å². The molecule has 3 aromatic rings. The maximum Gasteiger partial charge on any atom is 0.420 e. The van der Waals surface area contributed by atoms with Crippen molar-refractivity contribution in [3.63, 3.8) is 0 Å². The van der Waals surface area contributed by atoms with Crippen LogP contribution >= 0.6 is 11.3 Å². The molecule has 1 aromatic carbocycles. The summed E-state index contributed by atoms with van der Waals surface area (Å²) in [6, 6.07) is 9.23. The number of pyridine rings is 1. The molecule has 0 bridgehead atoms. The molecule has 1 aliphatic carbocycles. The summed E-state index contributed by atoms with van der Waals surface area (Å²) in [5.74, 6) is -0.136. The summed E-state index contributed by atoms with van der Waals surface area (Å²) in [5.41, 5.74) is 1.12. The predicted octanol–water partition coefficient (Wildman–Crippen LogP) is 6.16. The Hall–Kier alpha value is -3.12. The lowest BCUT2D eigenvalue weighted by Gasteiger charge is -2.19. The van der Waals surface area contributed by atoms with E-state index in [0.717, 1.165) is 37.3 Å². The molecule has 0 radical (unpaired) electrons. The quantitative estimate of drug-likeness (QED) is 0.525. The van der Waals surface area contributed by atoms with Gasteiger partial charge in [0.2, 0.25) is 0 Å². The Bertz CT molecular complexity index is 1070. The molecule has 1 N–H and O–H groups in total. The third-order valence-electron chi connectivity index (χ3n) is 4.81. The van der Waals surface area contributed by atoms with Crippen LogP contribution in [0.15, 0.2) is 41.9 Å². The number of hydrogen-bond acceptors (Lipinski definition) is 6. The van der Waals surface area contributed by atoms with Crippen molar-refractivity contribution in [3.05, 3.63) is 53.2 Å². The Morgan fingerprint density at radius 2 is 1.97 bits per heavy atom. The van der Waals surface area contributed by atoms with Crippen LogP contribution in [0.2, 0.25) is 0 Å². The summed E-state index contributed by atoms with van der Waals surface area (Å²) < 4.78 is 46.4. The molecular formula is C21H17F3N4OS. The summed E-state index contributed by atoms with van der Waals surface area (Å²) in [6.45, 7) is 0. The number of benzene rings is 1. The van der Waals surface area contributed by atoms with Crippen molar-refractivity contribution < 1.29 is 17.9 Å². The molecule has 154 valence electrons. The third-order valence-corrected chi connectivity index (χ3v) is 5.57. The normalized spacial score (nSPS) is 14.5. The molecule has 0 amide bonds. The molecule has 30 heavy (non-hydrogen) atoms. The molecule has 0 spiro atoms. The van der Waals surface area contributed by atoms with Gasteiger partial charge in [-0.05, 0) is 56.0 Å². The lowest BCUT2D eigenvalue weighted by atomic mass is 10.1. The SMILES string of the molecule is N#Cc1ccc(-c2csc(Nc3ccc(OC4CCCC4)c(C(F)(F)F)c3)n2)cn1. The number of aromatic nitrogens is 2. The summed E-state index contributed by atoms with van der Waals surface area (Å²) in [7, 11) is 0. The van der Waals surface area contributed by atoms with Crippen LogP contribution in [-0.4, -0.2) is 16.1 Å². The van der Waals surface area contributed by atoms with Crippen LogP contribution in [0.4, 0.5) is 24.0 Å². The molecule has 5 nitrogen and oxygen atoms in total. The average molecular weight is 430 g/mol. The number of hydrogen-bond donors (Lipinski definition) is 1. The van der Waals surface area contributed by atoms with Gasteiger partial charge in [0.1, 0.15) is 17.5 Å². The van der Waals surface area contributed by atoms with Crippen molar-refractivity contribution in [2.75, 3.05) is 5.32 Å². The second-order valence-electron chi connectivity index (χ2n) is 6.94. The van der Waals surface area contributed by atoms with Crippen molar-refractivity contribution in [1.29, 1.82) is 5.26 Å². The van der Waals surface area contributed by atoms with E-state index in [9.17, 15) is 13.2 Å². The van der Waals surface area contributed by atoms with Gasteiger partial charge >= 0.3 is 6.18 Å². The predicted molar refractivity (Wildman–Crippen MR) is 108 cm³/mol. The Labute approximate surface area is 175 Å². The second kappa shape index (κ2) is 8.32. The maximum atomic E-state index is 13.6. The molecule has 1 saturated carbocycles. The highest BCUT2D eigenvalue weighted by Crippen LogP contribution is 2.40. The molecular weight excluding hydrogens is 413 g/mol. The topological polar surface area (TPSA) is 70.8 Å². The number of ether oxygens (including phenoxy) is 1. The lowest BCUT2D eigenvalue weighted by Crippen LogP contribution is -2.15. The third kappa shape index (κ3) is 4.54. The Kier molecular flexibility index (Phi) is 5.59. The number of rotatable bonds is 5. The van der Waals surface area contributed by atoms with E-state index in [1.165, 1.54) is 23.6 Å². The summed E-state index contributed by atoms with van der Waals surface area (Å²) in [6.07, 6.45) is 0.376. The Balaban J connectivity index is 1.54. The Morgan fingerprint density at radius 3 is 2.63 bits per heavy atom. The van der Waals surface area contributed by atoms with Gasteiger partial charge in [-0.1, -0.05) is 0 Å². The largest absolute Gasteiger partial charge is 0.490 e. The number of anilines is 2. The zero-order valence-electron chi connectivity index (χ0n) is 15.7. The van der Waals surface area contributed by atoms with Crippen LogP contribution in [-0.2, 0) is 6.18 Å². The lowest BCUT2D eigenvalue weighted by molar-refractivity contribution is -0.139. The van der Waals surface area contributed by atoms with Crippen LogP contribution < -0.4 is 10.1 Å². The molecule has 4 rings (SSSR count). The van der Waals surface area contributed by atoms with Gasteiger partial charge in [-0.2, -0.15) is 18.4 Å². The summed E-state index contributed by atoms with van der Waals surface area (Å²) in [5, 5.41) is 14.0. The number of nitrogens with one attached hydrogen (secondary N) is 1. The van der Waals surface area contributed by atoms with Crippen LogP contribution in [0.25, 0.3) is 11.3 Å². The molecule has 2 aromatic heterocycles. The van der Waals surface area contributed by atoms with Gasteiger partial charge in [0.15, 0.2) is 5.13 Å². The van der Waals surface area contributed by atoms with E-state index < -0.39 is 11.7 Å². The first kappa shape index (κ1) is 20.2. The van der Waals surface area contributed by atoms with Crippen molar-refractivity contribution in [3.8, 4) is 23.1 Å². The van der Waals surface area contributed by atoms with E-state index in [2.05, 4.69) is 15.3 Å². The fourth-order valence-electron chi connectivity index (χ4n) is 3.32. The fraction of sp³-hybridized carbons (Fsp3) is 0.286. The highest BCUT2D eigenvalue weighted by atomic mass is 32.1. The van der Waals surface area contributed by atoms with Crippen LogP contribution in [0, 0.1) is 11.3 Å². The van der Waals surface area contributed by atoms with Gasteiger partial charge in [0.25, 0.3) is 0 Å². The maximum absolute atomic E-state index is 13.6. The molecule has 0 aliphatic heterocycles. The summed E-state index contributed by atoms with van der Waals surface area (Å²) >= 11 is 1.27. The van der Waals surface area contributed by atoms with E-state index >= 15 is 0 Å². The van der Waals surface area contributed by atoms with Gasteiger partial charge in [0, 0.05) is 22.8 Å². The standard InChI is InChI=1S/C21H17F3N4OS/c22-21(23,24)17-9-14(7-8-19(17)29-16-3-1-2-4-16)27-20-28-18(12-30-20)13-5-6-15(10-25)26-11-13/h5-9,11-12,16H,1-4H2,(H,27,28). The highest BCUT2D eigenvalue weighted by Gasteiger charge is 2.35. The van der Waals surface area contributed by atoms with E-state index in [-0.39, 0.29) is 17.5 Å². The number of halogens is 3. The molecule has 1 aliphatic rings. The number of alkyl halides is 3. The molecule has 1 fully saturated rings. The van der Waals surface area contributed by atoms with E-state index in [0.29, 0.717) is 16.5 Å². The number of nitrogens with zero attached hydrogens (tertiary/aromatic N) is 3. The first-order chi connectivity index (χ1) is 14.4. The molecule has 0 unspecified atom stereocenters. The fourth-order valence-corrected chi connectivity index (χ4v) is 4.06. The molecule has 0 saturated heterocycles. The number of thiazole rings is 1. The minimum absolute atomic E-state index is 0.136. The van der Waals surface area contributed by atoms with E-state index in [1.54, 1.807) is 23.6 Å². The molecule has 2 heterocycles. The van der Waals surface area contributed by atoms with Gasteiger partial charge in [-0.25, -0.2) is 9.97 Å². The van der Waals surface area contributed by atoms with Crippen LogP contribution in [0.1, 0.15) is 36.9 Å². The molecule has 0 atom stereocenters. The average Bonchev–Trinajstić information content (AvgIpc) is 3.41. The van der Waals surface area contributed by atoms with Gasteiger partial charge < -0.3 is 10.1 Å². The monoisotopic (exact) mass is 430 g/mol. The minimum Gasteiger partial charge on any atom is -0.490 e. The van der Waals surface area contributed by atoms with Gasteiger partial charge in [-0.15, -0.1) is 11.3 Å². The first-order valence-electron chi connectivity index (χ1n) is 9.39. The van der Waals surface area contributed by atoms with E-state index in [4.69, 9.17) is 10.00 Å². The number of nitriles is 1. The van der Waals surface area contributed by atoms with Gasteiger partial charge in [-0.3, -0.25) is 0 Å². The van der Waals surface area contributed by atoms with Crippen molar-refractivity contribution in [2.24, 2.45) is 0 Å². The highest BCUT2D eigenvalue weighted by molar-refractivity contribution is 7.14. The zero-order chi connectivity index (χ0) is 21.1. The Morgan fingerprint density at radius 1 is 1.17 bits per heavy atom. The summed E-state index contributed by atoms with van der Waals surface area (Å²) in [4.78, 5) is 8.40. The van der Waals surface area contributed by atoms with Gasteiger partial charge in [0.05, 0.1) is 17.4 Å². The zero-order valence-corrected chi connectivity index (χ0v) is 16.6. The van der Waals surface area contributed by atoms with Crippen molar-refractivity contribution in [1.82, 2.24) is 9.97 Å².